The van der Waals surface area contributed by atoms with E-state index in [9.17, 15) is 0 Å². The second kappa shape index (κ2) is 6.27. The van der Waals surface area contributed by atoms with Crippen LogP contribution in [0.5, 0.6) is 5.75 Å². The standard InChI is InChI=1S/C14H22ClNO/c1-11(2)16-9-14(3,4)10-17-13-8-6-5-7-12(13)15/h5-8,11,16H,9-10H2,1-4H3. The zero-order chi connectivity index (χ0) is 12.9. The second-order valence-electron chi connectivity index (χ2n) is 5.42. The number of ether oxygens (including phenoxy) is 1. The molecule has 0 heterocycles. The molecule has 0 aliphatic heterocycles. The Bertz CT molecular complexity index is 350. The highest BCUT2D eigenvalue weighted by atomic mass is 35.5. The highest BCUT2D eigenvalue weighted by Gasteiger charge is 2.19. The zero-order valence-electron chi connectivity index (χ0n) is 11.1. The summed E-state index contributed by atoms with van der Waals surface area (Å²) in [7, 11) is 0. The number of nitrogens with one attached hydrogen (secondary N) is 1. The number of rotatable bonds is 6. The van der Waals surface area contributed by atoms with Gasteiger partial charge in [-0.25, -0.2) is 0 Å². The van der Waals surface area contributed by atoms with Gasteiger partial charge in [-0.3, -0.25) is 0 Å². The van der Waals surface area contributed by atoms with Crippen LogP contribution in [0.25, 0.3) is 0 Å². The lowest BCUT2D eigenvalue weighted by molar-refractivity contribution is 0.173. The molecule has 1 aromatic rings. The van der Waals surface area contributed by atoms with E-state index in [1.54, 1.807) is 0 Å². The molecule has 0 bridgehead atoms. The average molecular weight is 256 g/mol. The number of hydrogen-bond donors (Lipinski definition) is 1. The molecule has 1 rings (SSSR count). The molecular formula is C14H22ClNO. The Morgan fingerprint density at radius 2 is 1.94 bits per heavy atom. The van der Waals surface area contributed by atoms with Crippen LogP contribution in [0.15, 0.2) is 24.3 Å². The molecule has 1 N–H and O–H groups in total. The Balaban J connectivity index is 2.46. The van der Waals surface area contributed by atoms with Gasteiger partial charge in [0.2, 0.25) is 0 Å². The second-order valence-corrected chi connectivity index (χ2v) is 5.83. The van der Waals surface area contributed by atoms with Crippen molar-refractivity contribution in [3.63, 3.8) is 0 Å². The Hall–Kier alpha value is -0.730. The molecule has 3 heteroatoms. The monoisotopic (exact) mass is 255 g/mol. The molecule has 0 saturated heterocycles. The summed E-state index contributed by atoms with van der Waals surface area (Å²) in [6.45, 7) is 10.2. The van der Waals surface area contributed by atoms with Crippen molar-refractivity contribution in [1.29, 1.82) is 0 Å². The smallest absolute Gasteiger partial charge is 0.137 e. The van der Waals surface area contributed by atoms with E-state index in [0.717, 1.165) is 12.3 Å². The van der Waals surface area contributed by atoms with Gasteiger partial charge in [0.15, 0.2) is 0 Å². The summed E-state index contributed by atoms with van der Waals surface area (Å²) in [5.74, 6) is 0.756. The average Bonchev–Trinajstić information content (AvgIpc) is 2.26. The van der Waals surface area contributed by atoms with E-state index in [4.69, 9.17) is 16.3 Å². The summed E-state index contributed by atoms with van der Waals surface area (Å²) < 4.78 is 5.76. The van der Waals surface area contributed by atoms with Crippen LogP contribution in [0.2, 0.25) is 5.02 Å². The number of hydrogen-bond acceptors (Lipinski definition) is 2. The van der Waals surface area contributed by atoms with Crippen LogP contribution >= 0.6 is 11.6 Å². The fourth-order valence-electron chi connectivity index (χ4n) is 1.37. The van der Waals surface area contributed by atoms with Gasteiger partial charge in [0.1, 0.15) is 5.75 Å². The van der Waals surface area contributed by atoms with Crippen molar-refractivity contribution in [1.82, 2.24) is 5.32 Å². The third-order valence-electron chi connectivity index (χ3n) is 2.44. The topological polar surface area (TPSA) is 21.3 Å². The van der Waals surface area contributed by atoms with Gasteiger partial charge in [-0.2, -0.15) is 0 Å². The fourth-order valence-corrected chi connectivity index (χ4v) is 1.56. The van der Waals surface area contributed by atoms with Crippen molar-refractivity contribution < 1.29 is 4.74 Å². The molecular weight excluding hydrogens is 234 g/mol. The molecule has 0 amide bonds. The first-order valence-corrected chi connectivity index (χ1v) is 6.39. The van der Waals surface area contributed by atoms with Gasteiger partial charge in [0.25, 0.3) is 0 Å². The van der Waals surface area contributed by atoms with Gasteiger partial charge in [0.05, 0.1) is 11.6 Å². The van der Waals surface area contributed by atoms with E-state index in [0.29, 0.717) is 17.7 Å². The molecule has 1 aromatic carbocycles. The molecule has 17 heavy (non-hydrogen) atoms. The molecule has 96 valence electrons. The molecule has 0 aromatic heterocycles. The molecule has 0 unspecified atom stereocenters. The zero-order valence-corrected chi connectivity index (χ0v) is 11.8. The summed E-state index contributed by atoms with van der Waals surface area (Å²) in [5, 5.41) is 4.09. The SMILES string of the molecule is CC(C)NCC(C)(C)COc1ccccc1Cl. The third kappa shape index (κ3) is 5.42. The number of halogens is 1. The summed E-state index contributed by atoms with van der Waals surface area (Å²) >= 11 is 6.04. The van der Waals surface area contributed by atoms with Crippen LogP contribution in [-0.4, -0.2) is 19.2 Å². The largest absolute Gasteiger partial charge is 0.491 e. The van der Waals surface area contributed by atoms with Crippen LogP contribution in [0.4, 0.5) is 0 Å². The van der Waals surface area contributed by atoms with Crippen LogP contribution < -0.4 is 10.1 Å². The molecule has 0 radical (unpaired) electrons. The van der Waals surface area contributed by atoms with E-state index >= 15 is 0 Å². The van der Waals surface area contributed by atoms with Crippen molar-refractivity contribution >= 4 is 11.6 Å². The lowest BCUT2D eigenvalue weighted by Gasteiger charge is -2.26. The maximum absolute atomic E-state index is 6.04. The van der Waals surface area contributed by atoms with Crippen molar-refractivity contribution in [2.75, 3.05) is 13.2 Å². The molecule has 0 saturated carbocycles. The molecule has 0 atom stereocenters. The lowest BCUT2D eigenvalue weighted by Crippen LogP contribution is -2.37. The normalized spacial score (nSPS) is 11.9. The molecule has 0 spiro atoms. The summed E-state index contributed by atoms with van der Waals surface area (Å²) in [6, 6.07) is 8.07. The molecule has 0 aliphatic carbocycles. The van der Waals surface area contributed by atoms with Gasteiger partial charge in [-0.15, -0.1) is 0 Å². The quantitative estimate of drug-likeness (QED) is 0.836. The first kappa shape index (κ1) is 14.3. The molecule has 0 aliphatic rings. The van der Waals surface area contributed by atoms with Crippen LogP contribution in [0.3, 0.4) is 0 Å². The van der Waals surface area contributed by atoms with Crippen molar-refractivity contribution in [2.24, 2.45) is 5.41 Å². The minimum Gasteiger partial charge on any atom is -0.491 e. The van der Waals surface area contributed by atoms with Crippen LogP contribution in [0, 0.1) is 5.41 Å². The van der Waals surface area contributed by atoms with Crippen LogP contribution in [-0.2, 0) is 0 Å². The Kier molecular flexibility index (Phi) is 5.29. The summed E-state index contributed by atoms with van der Waals surface area (Å²) in [4.78, 5) is 0. The minimum absolute atomic E-state index is 0.0867. The molecule has 0 fully saturated rings. The third-order valence-corrected chi connectivity index (χ3v) is 2.76. The van der Waals surface area contributed by atoms with E-state index in [2.05, 4.69) is 33.0 Å². The van der Waals surface area contributed by atoms with Gasteiger partial charge in [-0.1, -0.05) is 51.4 Å². The van der Waals surface area contributed by atoms with E-state index in [1.165, 1.54) is 0 Å². The summed E-state index contributed by atoms with van der Waals surface area (Å²) in [5.41, 5.74) is 0.0867. The lowest BCUT2D eigenvalue weighted by atomic mass is 9.94. The van der Waals surface area contributed by atoms with Gasteiger partial charge >= 0.3 is 0 Å². The first-order chi connectivity index (χ1) is 7.91. The number of para-hydroxylation sites is 1. The predicted molar refractivity (Wildman–Crippen MR) is 73.9 cm³/mol. The maximum Gasteiger partial charge on any atom is 0.137 e. The van der Waals surface area contributed by atoms with E-state index < -0.39 is 0 Å². The van der Waals surface area contributed by atoms with Gasteiger partial charge < -0.3 is 10.1 Å². The Labute approximate surface area is 109 Å². The van der Waals surface area contributed by atoms with E-state index in [-0.39, 0.29) is 5.41 Å². The molecule has 2 nitrogen and oxygen atoms in total. The van der Waals surface area contributed by atoms with E-state index in [1.807, 2.05) is 24.3 Å². The van der Waals surface area contributed by atoms with Crippen molar-refractivity contribution in [3.8, 4) is 5.75 Å². The van der Waals surface area contributed by atoms with Gasteiger partial charge in [0, 0.05) is 18.0 Å². The minimum atomic E-state index is 0.0867. The van der Waals surface area contributed by atoms with Crippen LogP contribution in [0.1, 0.15) is 27.7 Å². The predicted octanol–water partition coefficient (Wildman–Crippen LogP) is 3.74. The first-order valence-electron chi connectivity index (χ1n) is 6.01. The highest BCUT2D eigenvalue weighted by Crippen LogP contribution is 2.25. The summed E-state index contributed by atoms with van der Waals surface area (Å²) in [6.07, 6.45) is 0. The Morgan fingerprint density at radius 3 is 2.53 bits per heavy atom. The maximum atomic E-state index is 6.04. The van der Waals surface area contributed by atoms with Crippen molar-refractivity contribution in [2.45, 2.75) is 33.7 Å². The van der Waals surface area contributed by atoms with Crippen molar-refractivity contribution in [3.05, 3.63) is 29.3 Å². The fraction of sp³-hybridized carbons (Fsp3) is 0.571. The van der Waals surface area contributed by atoms with Gasteiger partial charge in [-0.05, 0) is 12.1 Å². The number of benzene rings is 1. The highest BCUT2D eigenvalue weighted by molar-refractivity contribution is 6.32. The Morgan fingerprint density at radius 1 is 1.29 bits per heavy atom.